The first-order valence-corrected chi connectivity index (χ1v) is 9.00. The average molecular weight is 372 g/mol. The van der Waals surface area contributed by atoms with Crippen LogP contribution >= 0.6 is 0 Å². The highest BCUT2D eigenvalue weighted by Crippen LogP contribution is 2.16. The first-order valence-electron chi connectivity index (χ1n) is 9.00. The van der Waals surface area contributed by atoms with Gasteiger partial charge in [0.1, 0.15) is 0 Å². The van der Waals surface area contributed by atoms with E-state index in [4.69, 9.17) is 9.26 Å². The van der Waals surface area contributed by atoms with Crippen molar-refractivity contribution in [2.75, 3.05) is 33.4 Å². The molecule has 0 bridgehead atoms. The fourth-order valence-corrected chi connectivity index (χ4v) is 3.01. The van der Waals surface area contributed by atoms with Crippen molar-refractivity contribution in [3.05, 3.63) is 47.6 Å². The second-order valence-corrected chi connectivity index (χ2v) is 6.65. The SMILES string of the molecule is Cc1cc(C(=O)N2CCOC[C@@H]2CC(=O)N(C)CCc2ccccn2)on1. The molecule has 3 rings (SSSR count). The molecule has 0 spiro atoms. The fraction of sp³-hybridized carbons (Fsp3) is 0.474. The molecule has 2 amide bonds. The zero-order valence-electron chi connectivity index (χ0n) is 15.6. The number of pyridine rings is 1. The molecule has 3 heterocycles. The van der Waals surface area contributed by atoms with E-state index in [1.165, 1.54) is 0 Å². The average Bonchev–Trinajstić information content (AvgIpc) is 3.13. The molecule has 2 aromatic heterocycles. The van der Waals surface area contributed by atoms with Gasteiger partial charge in [0, 0.05) is 50.9 Å². The summed E-state index contributed by atoms with van der Waals surface area (Å²) < 4.78 is 10.6. The van der Waals surface area contributed by atoms with Crippen molar-refractivity contribution in [3.63, 3.8) is 0 Å². The van der Waals surface area contributed by atoms with Gasteiger partial charge in [-0.2, -0.15) is 0 Å². The Balaban J connectivity index is 1.58. The van der Waals surface area contributed by atoms with E-state index in [0.29, 0.717) is 38.4 Å². The molecule has 0 aromatic carbocycles. The predicted octanol–water partition coefficient (Wildman–Crippen LogP) is 1.31. The predicted molar refractivity (Wildman–Crippen MR) is 97.1 cm³/mol. The monoisotopic (exact) mass is 372 g/mol. The van der Waals surface area contributed by atoms with Gasteiger partial charge >= 0.3 is 0 Å². The molecule has 144 valence electrons. The van der Waals surface area contributed by atoms with Gasteiger partial charge in [-0.15, -0.1) is 0 Å². The highest BCUT2D eigenvalue weighted by molar-refractivity contribution is 5.92. The molecule has 0 unspecified atom stereocenters. The van der Waals surface area contributed by atoms with Crippen LogP contribution in [0, 0.1) is 6.92 Å². The van der Waals surface area contributed by atoms with Crippen LogP contribution in [0.2, 0.25) is 0 Å². The molecule has 8 heteroatoms. The smallest absolute Gasteiger partial charge is 0.292 e. The van der Waals surface area contributed by atoms with Gasteiger partial charge in [-0.3, -0.25) is 14.6 Å². The van der Waals surface area contributed by atoms with Crippen LogP contribution in [0.3, 0.4) is 0 Å². The summed E-state index contributed by atoms with van der Waals surface area (Å²) in [6, 6.07) is 7.02. The number of hydrogen-bond acceptors (Lipinski definition) is 6. The summed E-state index contributed by atoms with van der Waals surface area (Å²) in [6.45, 7) is 3.53. The summed E-state index contributed by atoms with van der Waals surface area (Å²) in [5, 5.41) is 3.77. The summed E-state index contributed by atoms with van der Waals surface area (Å²) in [5.74, 6) is -0.101. The third-order valence-corrected chi connectivity index (χ3v) is 4.59. The van der Waals surface area contributed by atoms with Crippen LogP contribution < -0.4 is 0 Å². The van der Waals surface area contributed by atoms with Crippen molar-refractivity contribution in [2.45, 2.75) is 25.8 Å². The number of rotatable bonds is 6. The van der Waals surface area contributed by atoms with Gasteiger partial charge in [-0.1, -0.05) is 11.2 Å². The number of carbonyl (C=O) groups is 2. The van der Waals surface area contributed by atoms with E-state index in [1.54, 1.807) is 36.0 Å². The second-order valence-electron chi connectivity index (χ2n) is 6.65. The number of nitrogens with zero attached hydrogens (tertiary/aromatic N) is 4. The molecule has 27 heavy (non-hydrogen) atoms. The lowest BCUT2D eigenvalue weighted by Crippen LogP contribution is -2.50. The molecule has 0 N–H and O–H groups in total. The molecule has 0 saturated carbocycles. The Morgan fingerprint density at radius 3 is 2.93 bits per heavy atom. The van der Waals surface area contributed by atoms with Crippen molar-refractivity contribution in [1.82, 2.24) is 19.9 Å². The van der Waals surface area contributed by atoms with Gasteiger partial charge in [-0.05, 0) is 19.1 Å². The molecule has 1 fully saturated rings. The van der Waals surface area contributed by atoms with E-state index in [-0.39, 0.29) is 30.0 Å². The van der Waals surface area contributed by atoms with E-state index in [0.717, 1.165) is 5.69 Å². The van der Waals surface area contributed by atoms with E-state index in [1.807, 2.05) is 18.2 Å². The molecule has 1 aliphatic heterocycles. The molecule has 0 aliphatic carbocycles. The van der Waals surface area contributed by atoms with Crippen LogP contribution in [0.4, 0.5) is 0 Å². The van der Waals surface area contributed by atoms with Crippen LogP contribution in [0.15, 0.2) is 35.0 Å². The van der Waals surface area contributed by atoms with Crippen LogP contribution in [-0.2, 0) is 16.0 Å². The van der Waals surface area contributed by atoms with Gasteiger partial charge in [0.2, 0.25) is 11.7 Å². The summed E-state index contributed by atoms with van der Waals surface area (Å²) in [5.41, 5.74) is 1.59. The molecule has 2 aromatic rings. The molecular weight excluding hydrogens is 348 g/mol. The first-order chi connectivity index (χ1) is 13.0. The maximum Gasteiger partial charge on any atom is 0.292 e. The third kappa shape index (κ3) is 4.91. The van der Waals surface area contributed by atoms with Gasteiger partial charge in [0.25, 0.3) is 5.91 Å². The number of ether oxygens (including phenoxy) is 1. The number of hydrogen-bond donors (Lipinski definition) is 0. The maximum absolute atomic E-state index is 12.7. The molecule has 1 atom stereocenters. The quantitative estimate of drug-likeness (QED) is 0.760. The van der Waals surface area contributed by atoms with Gasteiger partial charge in [0.05, 0.1) is 24.9 Å². The number of likely N-dealkylation sites (N-methyl/N-ethyl adjacent to an activating group) is 1. The number of morpholine rings is 1. The fourth-order valence-electron chi connectivity index (χ4n) is 3.01. The minimum Gasteiger partial charge on any atom is -0.377 e. The lowest BCUT2D eigenvalue weighted by molar-refractivity contribution is -0.132. The van der Waals surface area contributed by atoms with Crippen LogP contribution in [0.5, 0.6) is 0 Å². The topological polar surface area (TPSA) is 88.8 Å². The molecule has 1 aliphatic rings. The molecule has 8 nitrogen and oxygen atoms in total. The first kappa shape index (κ1) is 19.0. The zero-order chi connectivity index (χ0) is 19.2. The number of aromatic nitrogens is 2. The van der Waals surface area contributed by atoms with Gasteiger partial charge in [-0.25, -0.2) is 0 Å². The van der Waals surface area contributed by atoms with E-state index in [2.05, 4.69) is 10.1 Å². The Kier molecular flexibility index (Phi) is 6.18. The van der Waals surface area contributed by atoms with E-state index in [9.17, 15) is 9.59 Å². The van der Waals surface area contributed by atoms with Crippen molar-refractivity contribution in [1.29, 1.82) is 0 Å². The zero-order valence-corrected chi connectivity index (χ0v) is 15.6. The Morgan fingerprint density at radius 2 is 2.22 bits per heavy atom. The normalized spacial score (nSPS) is 17.0. The minimum atomic E-state index is -0.318. The highest BCUT2D eigenvalue weighted by Gasteiger charge is 2.32. The Bertz CT molecular complexity index is 777. The Labute approximate surface area is 158 Å². The molecule has 1 saturated heterocycles. The lowest BCUT2D eigenvalue weighted by atomic mass is 10.1. The lowest BCUT2D eigenvalue weighted by Gasteiger charge is -2.35. The van der Waals surface area contributed by atoms with E-state index >= 15 is 0 Å². The number of amides is 2. The van der Waals surface area contributed by atoms with Crippen molar-refractivity contribution in [2.24, 2.45) is 0 Å². The van der Waals surface area contributed by atoms with Gasteiger partial charge in [0.15, 0.2) is 0 Å². The number of carbonyl (C=O) groups excluding carboxylic acids is 2. The summed E-state index contributed by atoms with van der Waals surface area (Å²) >= 11 is 0. The maximum atomic E-state index is 12.7. The molecular formula is C19H24N4O4. The summed E-state index contributed by atoms with van der Waals surface area (Å²) in [6.07, 6.45) is 2.63. The van der Waals surface area contributed by atoms with Crippen LogP contribution in [0.25, 0.3) is 0 Å². The standard InChI is InChI=1S/C19H24N4O4/c1-14-11-17(27-21-14)19(25)23-9-10-26-13-16(23)12-18(24)22(2)8-6-15-5-3-4-7-20-15/h3-5,7,11,16H,6,8-10,12-13H2,1-2H3/t16-/m0/s1. The summed E-state index contributed by atoms with van der Waals surface area (Å²) in [7, 11) is 1.76. The molecule has 0 radical (unpaired) electrons. The largest absolute Gasteiger partial charge is 0.377 e. The van der Waals surface area contributed by atoms with Crippen molar-refractivity contribution in [3.8, 4) is 0 Å². The minimum absolute atomic E-state index is 0.0343. The Morgan fingerprint density at radius 1 is 1.37 bits per heavy atom. The van der Waals surface area contributed by atoms with Crippen molar-refractivity contribution >= 4 is 11.8 Å². The van der Waals surface area contributed by atoms with Crippen molar-refractivity contribution < 1.29 is 18.8 Å². The second kappa shape index (κ2) is 8.77. The van der Waals surface area contributed by atoms with E-state index < -0.39 is 0 Å². The Hall–Kier alpha value is -2.74. The van der Waals surface area contributed by atoms with Gasteiger partial charge < -0.3 is 19.1 Å². The van der Waals surface area contributed by atoms with Crippen LogP contribution in [-0.4, -0.2) is 71.1 Å². The van der Waals surface area contributed by atoms with Crippen LogP contribution in [0.1, 0.15) is 28.4 Å². The highest BCUT2D eigenvalue weighted by atomic mass is 16.5. The number of aryl methyl sites for hydroxylation is 1. The third-order valence-electron chi connectivity index (χ3n) is 4.59. The summed E-state index contributed by atoms with van der Waals surface area (Å²) in [4.78, 5) is 32.9.